The summed E-state index contributed by atoms with van der Waals surface area (Å²) in [6.45, 7) is -1.30. The van der Waals surface area contributed by atoms with Crippen molar-refractivity contribution in [3.05, 3.63) is 0 Å². The number of rotatable bonds is 10. The molecular formula is C10H18O9. The Morgan fingerprint density at radius 3 is 1.47 bits per heavy atom. The monoisotopic (exact) mass is 282 g/mol. The first-order chi connectivity index (χ1) is 9.16. The maximum Gasteiger partial charge on any atom is 0.318 e. The second-order valence-electron chi connectivity index (χ2n) is 4.03. The van der Waals surface area contributed by atoms with Gasteiger partial charge in [-0.2, -0.15) is 0 Å². The molecule has 0 aromatic carbocycles. The van der Waals surface area contributed by atoms with Gasteiger partial charge in [-0.25, -0.2) is 0 Å². The van der Waals surface area contributed by atoms with Gasteiger partial charge in [-0.1, -0.05) is 0 Å². The van der Waals surface area contributed by atoms with Crippen LogP contribution in [0.4, 0.5) is 0 Å². The lowest BCUT2D eigenvalue weighted by atomic mass is 10.4. The average Bonchev–Trinajstić information content (AvgIpc) is 3.31. The highest BCUT2D eigenvalue weighted by Crippen LogP contribution is 2.49. The van der Waals surface area contributed by atoms with E-state index in [-0.39, 0.29) is 39.6 Å². The van der Waals surface area contributed by atoms with E-state index in [1.807, 2.05) is 0 Å². The first-order valence-corrected chi connectivity index (χ1v) is 5.93. The predicted molar refractivity (Wildman–Crippen MR) is 56.5 cm³/mol. The van der Waals surface area contributed by atoms with E-state index in [2.05, 4.69) is 0 Å². The van der Waals surface area contributed by atoms with E-state index in [1.54, 1.807) is 0 Å². The Labute approximate surface area is 109 Å². The molecule has 0 aliphatic carbocycles. The Kier molecular flexibility index (Phi) is 4.71. The largest absolute Gasteiger partial charge is 0.394 e. The average molecular weight is 282 g/mol. The number of hydrogen-bond acceptors (Lipinski definition) is 9. The molecule has 2 rings (SSSR count). The molecule has 4 unspecified atom stereocenters. The molecule has 0 saturated carbocycles. The van der Waals surface area contributed by atoms with Crippen LogP contribution in [0.1, 0.15) is 0 Å². The van der Waals surface area contributed by atoms with Gasteiger partial charge in [-0.15, -0.1) is 0 Å². The fourth-order valence-corrected chi connectivity index (χ4v) is 1.69. The number of epoxide rings is 2. The van der Waals surface area contributed by atoms with Crippen molar-refractivity contribution in [2.75, 3.05) is 39.6 Å². The molecule has 0 radical (unpaired) electrons. The van der Waals surface area contributed by atoms with E-state index in [0.717, 1.165) is 0 Å². The number of aliphatic hydroxyl groups is 4. The lowest BCUT2D eigenvalue weighted by Crippen LogP contribution is -2.38. The second-order valence-corrected chi connectivity index (χ2v) is 4.03. The van der Waals surface area contributed by atoms with Crippen molar-refractivity contribution in [2.45, 2.75) is 24.2 Å². The van der Waals surface area contributed by atoms with Crippen LogP contribution in [-0.2, 0) is 23.7 Å². The minimum absolute atomic E-state index is 0.0592. The summed E-state index contributed by atoms with van der Waals surface area (Å²) in [6, 6.07) is 0. The minimum atomic E-state index is -1.56. The molecule has 19 heavy (non-hydrogen) atoms. The van der Waals surface area contributed by atoms with Crippen LogP contribution >= 0.6 is 0 Å². The van der Waals surface area contributed by atoms with Crippen LogP contribution < -0.4 is 0 Å². The molecule has 0 aromatic rings. The van der Waals surface area contributed by atoms with Crippen molar-refractivity contribution in [3.8, 4) is 0 Å². The van der Waals surface area contributed by atoms with Crippen molar-refractivity contribution in [1.82, 2.24) is 0 Å². The smallest absolute Gasteiger partial charge is 0.318 e. The van der Waals surface area contributed by atoms with Gasteiger partial charge in [0.25, 0.3) is 0 Å². The lowest BCUT2D eigenvalue weighted by Gasteiger charge is -2.20. The maximum atomic E-state index is 9.04. The number of aliphatic hydroxyl groups excluding tert-OH is 4. The van der Waals surface area contributed by atoms with E-state index >= 15 is 0 Å². The maximum absolute atomic E-state index is 9.04. The first-order valence-electron chi connectivity index (χ1n) is 5.93. The van der Waals surface area contributed by atoms with Crippen LogP contribution in [-0.4, -0.2) is 84.2 Å². The molecule has 0 amide bonds. The normalized spacial score (nSPS) is 40.4. The summed E-state index contributed by atoms with van der Waals surface area (Å²) < 4.78 is 26.0. The summed E-state index contributed by atoms with van der Waals surface area (Å²) in [5, 5.41) is 35.5. The van der Waals surface area contributed by atoms with Crippen LogP contribution in [0.15, 0.2) is 0 Å². The third kappa shape index (κ3) is 3.05. The highest BCUT2D eigenvalue weighted by Gasteiger charge is 2.72. The minimum Gasteiger partial charge on any atom is -0.394 e. The Morgan fingerprint density at radius 2 is 1.21 bits per heavy atom. The Morgan fingerprint density at radius 1 is 0.789 bits per heavy atom. The summed E-state index contributed by atoms with van der Waals surface area (Å²) in [4.78, 5) is 0. The van der Waals surface area contributed by atoms with Gasteiger partial charge in [0.1, 0.15) is 0 Å². The highest BCUT2D eigenvalue weighted by atomic mass is 17.1. The van der Waals surface area contributed by atoms with Crippen molar-refractivity contribution >= 4 is 0 Å². The summed E-state index contributed by atoms with van der Waals surface area (Å²) in [5.74, 6) is -3.12. The molecule has 2 fully saturated rings. The molecule has 2 aliphatic heterocycles. The zero-order chi connectivity index (χ0) is 13.9. The standard InChI is InChI=1S/C10H18O9/c11-1-3-15-9(7(5-13)17-9)19-10(16-4-2-12)8(6-14)18-10/h7-8,11-14H,1-6H2. The van der Waals surface area contributed by atoms with Crippen molar-refractivity contribution in [1.29, 1.82) is 0 Å². The van der Waals surface area contributed by atoms with Crippen LogP contribution in [0.3, 0.4) is 0 Å². The van der Waals surface area contributed by atoms with E-state index in [9.17, 15) is 0 Å². The van der Waals surface area contributed by atoms with Crippen LogP contribution in [0, 0.1) is 0 Å². The van der Waals surface area contributed by atoms with Crippen LogP contribution in [0.5, 0.6) is 0 Å². The fraction of sp³-hybridized carbons (Fsp3) is 1.00. The molecular weight excluding hydrogens is 264 g/mol. The van der Waals surface area contributed by atoms with Gasteiger partial charge in [-0.05, 0) is 0 Å². The molecule has 112 valence electrons. The lowest BCUT2D eigenvalue weighted by molar-refractivity contribution is -0.349. The van der Waals surface area contributed by atoms with Crippen molar-refractivity contribution in [3.63, 3.8) is 0 Å². The van der Waals surface area contributed by atoms with Crippen LogP contribution in [0.2, 0.25) is 0 Å². The molecule has 2 saturated heterocycles. The fourth-order valence-electron chi connectivity index (χ4n) is 1.69. The van der Waals surface area contributed by atoms with Gasteiger partial charge in [-0.3, -0.25) is 4.74 Å². The molecule has 0 bridgehead atoms. The quantitative estimate of drug-likeness (QED) is 0.246. The third-order valence-electron chi connectivity index (χ3n) is 2.69. The first kappa shape index (κ1) is 15.0. The molecule has 4 N–H and O–H groups in total. The molecule has 9 heteroatoms. The summed E-state index contributed by atoms with van der Waals surface area (Å²) in [5.41, 5.74) is 0. The van der Waals surface area contributed by atoms with Crippen LogP contribution in [0.25, 0.3) is 0 Å². The third-order valence-corrected chi connectivity index (χ3v) is 2.69. The van der Waals surface area contributed by atoms with E-state index in [4.69, 9.17) is 44.1 Å². The Hall–Kier alpha value is -0.360. The SMILES string of the molecule is OCCOC1(OC2(OCCO)OC2CO)OC1CO. The summed E-state index contributed by atoms with van der Waals surface area (Å²) >= 11 is 0. The Bertz CT molecular complexity index is 273. The highest BCUT2D eigenvalue weighted by molar-refractivity contribution is 4.94. The van der Waals surface area contributed by atoms with Gasteiger partial charge in [0, 0.05) is 0 Å². The van der Waals surface area contributed by atoms with Gasteiger partial charge in [0.05, 0.1) is 39.6 Å². The summed E-state index contributed by atoms with van der Waals surface area (Å²) in [7, 11) is 0. The molecule has 9 nitrogen and oxygen atoms in total. The predicted octanol–water partition coefficient (Wildman–Crippen LogP) is -2.89. The van der Waals surface area contributed by atoms with Crippen molar-refractivity contribution in [2.24, 2.45) is 0 Å². The molecule has 4 atom stereocenters. The van der Waals surface area contributed by atoms with Gasteiger partial charge < -0.3 is 39.4 Å². The summed E-state index contributed by atoms with van der Waals surface area (Å²) in [6.07, 6.45) is -1.45. The zero-order valence-electron chi connectivity index (χ0n) is 10.2. The van der Waals surface area contributed by atoms with Crippen molar-refractivity contribution < 1.29 is 44.1 Å². The molecule has 2 aliphatic rings. The Balaban J connectivity index is 1.95. The van der Waals surface area contributed by atoms with Gasteiger partial charge in [0.2, 0.25) is 0 Å². The molecule has 2 heterocycles. The number of ether oxygens (including phenoxy) is 5. The van der Waals surface area contributed by atoms with E-state index in [1.165, 1.54) is 0 Å². The zero-order valence-corrected chi connectivity index (χ0v) is 10.2. The number of hydrogen-bond donors (Lipinski definition) is 4. The molecule has 0 aromatic heterocycles. The molecule has 0 spiro atoms. The van der Waals surface area contributed by atoms with E-state index in [0.29, 0.717) is 0 Å². The van der Waals surface area contributed by atoms with Gasteiger partial charge in [0.15, 0.2) is 12.2 Å². The topological polar surface area (TPSA) is 134 Å². The second kappa shape index (κ2) is 5.95. The van der Waals surface area contributed by atoms with Gasteiger partial charge >= 0.3 is 11.9 Å². The van der Waals surface area contributed by atoms with E-state index < -0.39 is 24.2 Å².